The van der Waals surface area contributed by atoms with Gasteiger partial charge in [-0.25, -0.2) is 0 Å². The lowest BCUT2D eigenvalue weighted by molar-refractivity contribution is 1.41. The van der Waals surface area contributed by atoms with E-state index < -0.39 is 0 Å². The molecule has 0 atom stereocenters. The molecule has 0 amide bonds. The van der Waals surface area contributed by atoms with E-state index in [1.165, 1.54) is 22.7 Å². The molecule has 0 fully saturated rings. The van der Waals surface area contributed by atoms with E-state index in [1.54, 1.807) is 0 Å². The van der Waals surface area contributed by atoms with E-state index in [0.29, 0.717) is 6.71 Å². The van der Waals surface area contributed by atoms with E-state index in [-0.39, 0.29) is 0 Å². The maximum atomic E-state index is 8.47. The van der Waals surface area contributed by atoms with Crippen molar-refractivity contribution in [2.45, 2.75) is 27.5 Å². The molecule has 0 spiro atoms. The average Bonchev–Trinajstić information content (AvgIpc) is 2.12. The number of hydrogen-bond donors (Lipinski definition) is 0. The topological polar surface area (TPSA) is 23.8 Å². The van der Waals surface area contributed by atoms with Crippen LogP contribution in [0, 0.1) is 25.2 Å². The minimum absolute atomic E-state index is 0.555. The molecule has 1 aromatic carbocycles. The first kappa shape index (κ1) is 11.6. The number of benzene rings is 1. The first-order valence-electron chi connectivity index (χ1n) is 5.23. The summed E-state index contributed by atoms with van der Waals surface area (Å²) in [6, 6.07) is 6.28. The standard InChI is InChI=1S/C13H16BN/c1-10-8-12(6-5-7-15)9-11(2)13(10)14(3)4/h5-6,8-9H,1-4H3/b6-5+. The van der Waals surface area contributed by atoms with Crippen LogP contribution in [0.2, 0.25) is 13.6 Å². The van der Waals surface area contributed by atoms with Crippen LogP contribution in [0.1, 0.15) is 16.7 Å². The number of nitriles is 1. The average molecular weight is 197 g/mol. The van der Waals surface area contributed by atoms with Crippen LogP contribution in [0.4, 0.5) is 0 Å². The van der Waals surface area contributed by atoms with Gasteiger partial charge in [0.25, 0.3) is 0 Å². The number of hydrogen-bond acceptors (Lipinski definition) is 1. The molecule has 0 unspecified atom stereocenters. The van der Waals surface area contributed by atoms with Crippen molar-refractivity contribution in [2.24, 2.45) is 0 Å². The Kier molecular flexibility index (Phi) is 3.74. The van der Waals surface area contributed by atoms with Crippen molar-refractivity contribution in [3.8, 4) is 6.07 Å². The zero-order valence-electron chi connectivity index (χ0n) is 9.83. The summed E-state index contributed by atoms with van der Waals surface area (Å²) in [6.45, 7) is 9.23. The van der Waals surface area contributed by atoms with E-state index in [1.807, 2.05) is 12.1 Å². The molecular formula is C13H16BN. The van der Waals surface area contributed by atoms with E-state index in [2.05, 4.69) is 39.6 Å². The minimum Gasteiger partial charge on any atom is -0.193 e. The smallest absolute Gasteiger partial charge is 0.170 e. The van der Waals surface area contributed by atoms with Gasteiger partial charge in [0, 0.05) is 6.08 Å². The van der Waals surface area contributed by atoms with Gasteiger partial charge in [0.05, 0.1) is 6.07 Å². The molecule has 1 aromatic rings. The Bertz CT molecular complexity index is 402. The lowest BCUT2D eigenvalue weighted by Crippen LogP contribution is -2.28. The van der Waals surface area contributed by atoms with Crippen LogP contribution >= 0.6 is 0 Å². The highest BCUT2D eigenvalue weighted by molar-refractivity contribution is 6.71. The second kappa shape index (κ2) is 4.84. The van der Waals surface area contributed by atoms with E-state index >= 15 is 0 Å². The van der Waals surface area contributed by atoms with Gasteiger partial charge < -0.3 is 0 Å². The molecule has 1 nitrogen and oxygen atoms in total. The largest absolute Gasteiger partial charge is 0.193 e. The molecule has 0 aliphatic rings. The van der Waals surface area contributed by atoms with Crippen molar-refractivity contribution >= 4 is 18.3 Å². The van der Waals surface area contributed by atoms with E-state index in [0.717, 1.165) is 5.56 Å². The van der Waals surface area contributed by atoms with Crippen LogP contribution in [0.25, 0.3) is 6.08 Å². The SMILES string of the molecule is CB(C)c1c(C)cc(/C=C/C#N)cc1C. The maximum absolute atomic E-state index is 8.47. The molecule has 0 aliphatic heterocycles. The van der Waals surface area contributed by atoms with Gasteiger partial charge in [-0.05, 0) is 25.5 Å². The van der Waals surface area contributed by atoms with Crippen molar-refractivity contribution in [3.63, 3.8) is 0 Å². The van der Waals surface area contributed by atoms with Crippen molar-refractivity contribution in [2.75, 3.05) is 0 Å². The van der Waals surface area contributed by atoms with Crippen LogP contribution in [-0.4, -0.2) is 6.71 Å². The molecule has 1 rings (SSSR count). The highest BCUT2D eigenvalue weighted by atomic mass is 14.2. The fourth-order valence-corrected chi connectivity index (χ4v) is 2.15. The first-order valence-corrected chi connectivity index (χ1v) is 5.23. The third-order valence-electron chi connectivity index (χ3n) is 2.54. The Hall–Kier alpha value is -1.49. The van der Waals surface area contributed by atoms with Crippen LogP contribution in [0.5, 0.6) is 0 Å². The molecule has 0 saturated heterocycles. The van der Waals surface area contributed by atoms with Crippen LogP contribution in [0.3, 0.4) is 0 Å². The normalized spacial score (nSPS) is 10.3. The number of aryl methyl sites for hydroxylation is 2. The van der Waals surface area contributed by atoms with Crippen LogP contribution in [-0.2, 0) is 0 Å². The summed E-state index contributed by atoms with van der Waals surface area (Å²) in [6.07, 6.45) is 3.37. The third kappa shape index (κ3) is 2.73. The summed E-state index contributed by atoms with van der Waals surface area (Å²) in [5.74, 6) is 0. The molecule has 76 valence electrons. The van der Waals surface area contributed by atoms with Gasteiger partial charge in [-0.3, -0.25) is 0 Å². The van der Waals surface area contributed by atoms with Crippen LogP contribution < -0.4 is 5.46 Å². The Morgan fingerprint density at radius 1 is 1.20 bits per heavy atom. The number of nitrogens with zero attached hydrogens (tertiary/aromatic N) is 1. The van der Waals surface area contributed by atoms with Crippen LogP contribution in [0.15, 0.2) is 18.2 Å². The molecule has 0 radical (unpaired) electrons. The zero-order chi connectivity index (χ0) is 11.4. The molecule has 0 aliphatic carbocycles. The molecule has 0 N–H and O–H groups in total. The molecule has 0 heterocycles. The Morgan fingerprint density at radius 3 is 2.13 bits per heavy atom. The summed E-state index contributed by atoms with van der Waals surface area (Å²) in [5, 5.41) is 8.47. The lowest BCUT2D eigenvalue weighted by Gasteiger charge is -2.12. The van der Waals surface area contributed by atoms with Gasteiger partial charge in [-0.1, -0.05) is 42.4 Å². The van der Waals surface area contributed by atoms with Gasteiger partial charge in [0.15, 0.2) is 6.71 Å². The van der Waals surface area contributed by atoms with Gasteiger partial charge >= 0.3 is 0 Å². The van der Waals surface area contributed by atoms with Crippen molar-refractivity contribution < 1.29 is 0 Å². The molecule has 2 heteroatoms. The summed E-state index contributed by atoms with van der Waals surface area (Å²) in [4.78, 5) is 0. The first-order chi connectivity index (χ1) is 7.06. The monoisotopic (exact) mass is 197 g/mol. The van der Waals surface area contributed by atoms with Gasteiger partial charge in [0.1, 0.15) is 0 Å². The number of allylic oxidation sites excluding steroid dienone is 1. The molecule has 0 bridgehead atoms. The Balaban J connectivity index is 3.21. The van der Waals surface area contributed by atoms with E-state index in [9.17, 15) is 0 Å². The predicted molar refractivity (Wildman–Crippen MR) is 67.7 cm³/mol. The summed E-state index contributed by atoms with van der Waals surface area (Å²) in [7, 11) is 0. The summed E-state index contributed by atoms with van der Waals surface area (Å²) in [5.41, 5.74) is 5.14. The quantitative estimate of drug-likeness (QED) is 0.528. The van der Waals surface area contributed by atoms with Crippen molar-refractivity contribution in [3.05, 3.63) is 34.9 Å². The molecule has 0 saturated carbocycles. The Morgan fingerprint density at radius 2 is 1.73 bits per heavy atom. The summed E-state index contributed by atoms with van der Waals surface area (Å²) < 4.78 is 0. The minimum atomic E-state index is 0.555. The lowest BCUT2D eigenvalue weighted by atomic mass is 9.47. The highest BCUT2D eigenvalue weighted by Crippen LogP contribution is 2.10. The molecule has 15 heavy (non-hydrogen) atoms. The van der Waals surface area contributed by atoms with Crippen molar-refractivity contribution in [1.82, 2.24) is 0 Å². The zero-order valence-corrected chi connectivity index (χ0v) is 9.83. The van der Waals surface area contributed by atoms with Gasteiger partial charge in [-0.2, -0.15) is 5.26 Å². The number of rotatable bonds is 2. The molecule has 0 aromatic heterocycles. The third-order valence-corrected chi connectivity index (χ3v) is 2.54. The fourth-order valence-electron chi connectivity index (χ4n) is 2.15. The summed E-state index contributed by atoms with van der Waals surface area (Å²) >= 11 is 0. The maximum Gasteiger partial charge on any atom is 0.170 e. The fraction of sp³-hybridized carbons (Fsp3) is 0.308. The predicted octanol–water partition coefficient (Wildman–Crippen LogP) is 2.80. The second-order valence-electron chi connectivity index (χ2n) is 4.19. The Labute approximate surface area is 92.5 Å². The highest BCUT2D eigenvalue weighted by Gasteiger charge is 2.09. The second-order valence-corrected chi connectivity index (χ2v) is 4.19. The molecular weight excluding hydrogens is 181 g/mol. The van der Waals surface area contributed by atoms with Gasteiger partial charge in [-0.15, -0.1) is 0 Å². The van der Waals surface area contributed by atoms with Gasteiger partial charge in [0.2, 0.25) is 0 Å². The van der Waals surface area contributed by atoms with Crippen molar-refractivity contribution in [1.29, 1.82) is 5.26 Å². The van der Waals surface area contributed by atoms with E-state index in [4.69, 9.17) is 5.26 Å².